The lowest BCUT2D eigenvalue weighted by molar-refractivity contribution is 0.440. The highest BCUT2D eigenvalue weighted by molar-refractivity contribution is 5.37. The van der Waals surface area contributed by atoms with Gasteiger partial charge in [-0.2, -0.15) is 5.10 Å². The van der Waals surface area contributed by atoms with Crippen molar-refractivity contribution < 1.29 is 0 Å². The Hall–Kier alpha value is -1.98. The van der Waals surface area contributed by atoms with Gasteiger partial charge in [-0.15, -0.1) is 0 Å². The number of aromatic nitrogens is 5. The van der Waals surface area contributed by atoms with E-state index in [1.807, 2.05) is 17.7 Å². The minimum absolute atomic E-state index is 0.337. The second kappa shape index (κ2) is 5.19. The van der Waals surface area contributed by atoms with Crippen LogP contribution in [0.4, 0.5) is 5.82 Å². The van der Waals surface area contributed by atoms with Gasteiger partial charge in [0.05, 0.1) is 6.54 Å². The Morgan fingerprint density at radius 3 is 3.00 bits per heavy atom. The van der Waals surface area contributed by atoms with Gasteiger partial charge < -0.3 is 5.32 Å². The van der Waals surface area contributed by atoms with Crippen LogP contribution >= 0.6 is 0 Å². The second-order valence-corrected chi connectivity index (χ2v) is 5.65. The van der Waals surface area contributed by atoms with Crippen molar-refractivity contribution in [1.82, 2.24) is 24.7 Å². The maximum atomic E-state index is 4.60. The van der Waals surface area contributed by atoms with Gasteiger partial charge in [0.15, 0.2) is 0 Å². The third-order valence-corrected chi connectivity index (χ3v) is 3.55. The first-order chi connectivity index (χ1) is 9.61. The summed E-state index contributed by atoms with van der Waals surface area (Å²) in [5.41, 5.74) is 1.00. The predicted octanol–water partition coefficient (Wildman–Crippen LogP) is 1.93. The van der Waals surface area contributed by atoms with Crippen molar-refractivity contribution in [3.63, 3.8) is 0 Å². The summed E-state index contributed by atoms with van der Waals surface area (Å²) >= 11 is 0. The largest absolute Gasteiger partial charge is 0.365 e. The summed E-state index contributed by atoms with van der Waals surface area (Å²) in [5, 5.41) is 7.75. The molecule has 0 saturated carbocycles. The molecule has 1 aliphatic rings. The van der Waals surface area contributed by atoms with E-state index >= 15 is 0 Å². The van der Waals surface area contributed by atoms with Crippen LogP contribution in [0.1, 0.15) is 43.5 Å². The lowest BCUT2D eigenvalue weighted by Gasteiger charge is -2.24. The van der Waals surface area contributed by atoms with E-state index < -0.39 is 0 Å². The molecule has 6 nitrogen and oxygen atoms in total. The van der Waals surface area contributed by atoms with Gasteiger partial charge in [0.1, 0.15) is 23.8 Å². The molecule has 0 fully saturated rings. The summed E-state index contributed by atoms with van der Waals surface area (Å²) in [4.78, 5) is 13.3. The van der Waals surface area contributed by atoms with E-state index in [0.717, 1.165) is 42.5 Å². The molecular weight excluding hydrogens is 252 g/mol. The maximum Gasteiger partial charge on any atom is 0.138 e. The average Bonchev–Trinajstić information content (AvgIpc) is 2.85. The molecule has 0 radical (unpaired) electrons. The predicted molar refractivity (Wildman–Crippen MR) is 76.6 cm³/mol. The molecule has 106 valence electrons. The molecule has 1 aliphatic heterocycles. The van der Waals surface area contributed by atoms with E-state index in [-0.39, 0.29) is 0 Å². The quantitative estimate of drug-likeness (QED) is 0.924. The highest BCUT2D eigenvalue weighted by atomic mass is 15.3. The summed E-state index contributed by atoms with van der Waals surface area (Å²) in [7, 11) is 0. The van der Waals surface area contributed by atoms with Crippen molar-refractivity contribution in [1.29, 1.82) is 0 Å². The smallest absolute Gasteiger partial charge is 0.138 e. The standard InChI is InChI=1S/C14H20N6/c1-9(2)14-17-10(3)6-12(19-14)18-11-4-5-13-15-8-16-20(13)7-11/h6,8-9,11H,4-5,7H2,1-3H3,(H,17,18,19). The Balaban J connectivity index is 1.75. The van der Waals surface area contributed by atoms with E-state index in [0.29, 0.717) is 12.0 Å². The molecule has 3 rings (SSSR count). The Morgan fingerprint density at radius 2 is 2.20 bits per heavy atom. The van der Waals surface area contributed by atoms with Crippen molar-refractivity contribution >= 4 is 5.82 Å². The Labute approximate surface area is 118 Å². The zero-order chi connectivity index (χ0) is 14.1. The zero-order valence-corrected chi connectivity index (χ0v) is 12.2. The number of fused-ring (bicyclic) bond motifs is 1. The molecule has 3 heterocycles. The van der Waals surface area contributed by atoms with E-state index in [4.69, 9.17) is 0 Å². The van der Waals surface area contributed by atoms with Gasteiger partial charge in [0.2, 0.25) is 0 Å². The number of rotatable bonds is 3. The van der Waals surface area contributed by atoms with Crippen LogP contribution in [0.3, 0.4) is 0 Å². The molecule has 6 heteroatoms. The van der Waals surface area contributed by atoms with Crippen molar-refractivity contribution in [2.24, 2.45) is 0 Å². The fourth-order valence-corrected chi connectivity index (χ4v) is 2.49. The van der Waals surface area contributed by atoms with Crippen LogP contribution in [0.2, 0.25) is 0 Å². The molecule has 0 aliphatic carbocycles. The number of nitrogens with zero attached hydrogens (tertiary/aromatic N) is 5. The van der Waals surface area contributed by atoms with Gasteiger partial charge >= 0.3 is 0 Å². The van der Waals surface area contributed by atoms with Gasteiger partial charge in [-0.05, 0) is 13.3 Å². The molecule has 1 atom stereocenters. The number of hydrogen-bond donors (Lipinski definition) is 1. The molecule has 1 N–H and O–H groups in total. The summed E-state index contributed by atoms with van der Waals surface area (Å²) in [6.45, 7) is 7.08. The first-order valence-electron chi connectivity index (χ1n) is 7.10. The van der Waals surface area contributed by atoms with Crippen LogP contribution in [0.15, 0.2) is 12.4 Å². The van der Waals surface area contributed by atoms with E-state index in [2.05, 4.69) is 39.2 Å². The fourth-order valence-electron chi connectivity index (χ4n) is 2.49. The monoisotopic (exact) mass is 272 g/mol. The number of nitrogens with one attached hydrogen (secondary N) is 1. The summed E-state index contributed by atoms with van der Waals surface area (Å²) < 4.78 is 1.97. The maximum absolute atomic E-state index is 4.60. The van der Waals surface area contributed by atoms with E-state index in [1.54, 1.807) is 6.33 Å². The van der Waals surface area contributed by atoms with Crippen LogP contribution in [0.25, 0.3) is 0 Å². The van der Waals surface area contributed by atoms with E-state index in [9.17, 15) is 0 Å². The highest BCUT2D eigenvalue weighted by Gasteiger charge is 2.20. The Kier molecular flexibility index (Phi) is 3.38. The van der Waals surface area contributed by atoms with Gasteiger partial charge in [0, 0.05) is 30.1 Å². The number of hydrogen-bond acceptors (Lipinski definition) is 5. The average molecular weight is 272 g/mol. The lowest BCUT2D eigenvalue weighted by Crippen LogP contribution is -2.32. The van der Waals surface area contributed by atoms with Crippen molar-refractivity contribution in [3.05, 3.63) is 29.7 Å². The summed E-state index contributed by atoms with van der Waals surface area (Å²) in [5.74, 6) is 3.22. The first kappa shape index (κ1) is 13.0. The van der Waals surface area contributed by atoms with Gasteiger partial charge in [-0.1, -0.05) is 13.8 Å². The molecule has 20 heavy (non-hydrogen) atoms. The third-order valence-electron chi connectivity index (χ3n) is 3.55. The minimum atomic E-state index is 0.337. The number of aryl methyl sites for hydroxylation is 2. The molecule has 0 amide bonds. The van der Waals surface area contributed by atoms with Gasteiger partial charge in [0.25, 0.3) is 0 Å². The topological polar surface area (TPSA) is 68.5 Å². The summed E-state index contributed by atoms with van der Waals surface area (Å²) in [6.07, 6.45) is 3.64. The Morgan fingerprint density at radius 1 is 1.35 bits per heavy atom. The molecular formula is C14H20N6. The van der Waals surface area contributed by atoms with Crippen molar-refractivity contribution in [2.75, 3.05) is 5.32 Å². The normalized spacial score (nSPS) is 18.1. The first-order valence-corrected chi connectivity index (χ1v) is 7.10. The molecule has 1 unspecified atom stereocenters. The second-order valence-electron chi connectivity index (χ2n) is 5.65. The molecule has 0 aromatic carbocycles. The van der Waals surface area contributed by atoms with Crippen LogP contribution in [-0.2, 0) is 13.0 Å². The van der Waals surface area contributed by atoms with Crippen molar-refractivity contribution in [3.8, 4) is 0 Å². The van der Waals surface area contributed by atoms with Crippen molar-refractivity contribution in [2.45, 2.75) is 52.1 Å². The number of anilines is 1. The molecule has 0 bridgehead atoms. The van der Waals surface area contributed by atoms with Crippen LogP contribution in [0.5, 0.6) is 0 Å². The van der Waals surface area contributed by atoms with Gasteiger partial charge in [-0.25, -0.2) is 19.6 Å². The van der Waals surface area contributed by atoms with Gasteiger partial charge in [-0.3, -0.25) is 0 Å². The third kappa shape index (κ3) is 2.64. The van der Waals surface area contributed by atoms with Crippen LogP contribution < -0.4 is 5.32 Å². The minimum Gasteiger partial charge on any atom is -0.365 e. The van der Waals surface area contributed by atoms with Crippen LogP contribution in [0, 0.1) is 6.92 Å². The molecule has 0 spiro atoms. The SMILES string of the molecule is Cc1cc(NC2CCc3ncnn3C2)nc(C(C)C)n1. The molecule has 2 aromatic heterocycles. The van der Waals surface area contributed by atoms with Crippen LogP contribution in [-0.4, -0.2) is 30.8 Å². The van der Waals surface area contributed by atoms with E-state index in [1.165, 1.54) is 0 Å². The molecule has 2 aromatic rings. The molecule has 0 saturated heterocycles. The lowest BCUT2D eigenvalue weighted by atomic mass is 10.1. The Bertz CT molecular complexity index is 603. The zero-order valence-electron chi connectivity index (χ0n) is 12.2. The fraction of sp³-hybridized carbons (Fsp3) is 0.571. The highest BCUT2D eigenvalue weighted by Crippen LogP contribution is 2.18. The summed E-state index contributed by atoms with van der Waals surface area (Å²) in [6, 6.07) is 2.35.